The molecular formula is C17H14F3NO4. The molecule has 2 amide bonds. The largest absolute Gasteiger partial charge is 0.416 e. The van der Waals surface area contributed by atoms with Crippen LogP contribution < -0.4 is 4.90 Å². The van der Waals surface area contributed by atoms with Crippen LogP contribution in [0, 0.1) is 11.8 Å². The second-order valence-corrected chi connectivity index (χ2v) is 6.75. The van der Waals surface area contributed by atoms with Gasteiger partial charge in [0, 0.05) is 0 Å². The second kappa shape index (κ2) is 4.70. The molecule has 2 fully saturated rings. The van der Waals surface area contributed by atoms with Crippen LogP contribution in [0.2, 0.25) is 0 Å². The van der Waals surface area contributed by atoms with Crippen LogP contribution in [0.25, 0.3) is 0 Å². The van der Waals surface area contributed by atoms with Crippen LogP contribution >= 0.6 is 0 Å². The molecule has 3 heterocycles. The summed E-state index contributed by atoms with van der Waals surface area (Å²) in [6.07, 6.45) is -1.39. The van der Waals surface area contributed by atoms with Crippen molar-refractivity contribution in [2.75, 3.05) is 11.5 Å². The smallest absolute Gasteiger partial charge is 0.393 e. The number of amides is 2. The molecule has 0 saturated carbocycles. The monoisotopic (exact) mass is 353 g/mol. The van der Waals surface area contributed by atoms with Crippen LogP contribution in [-0.4, -0.2) is 34.7 Å². The highest BCUT2D eigenvalue weighted by Gasteiger charge is 2.72. The lowest BCUT2D eigenvalue weighted by molar-refractivity contribution is -0.138. The van der Waals surface area contributed by atoms with Gasteiger partial charge in [0.15, 0.2) is 0 Å². The van der Waals surface area contributed by atoms with Gasteiger partial charge in [0.25, 0.3) is 0 Å². The Morgan fingerprint density at radius 2 is 1.88 bits per heavy atom. The topological polar surface area (TPSA) is 66.8 Å². The Morgan fingerprint density at radius 3 is 2.52 bits per heavy atom. The molecular weight excluding hydrogens is 339 g/mol. The molecule has 3 aliphatic heterocycles. The third kappa shape index (κ3) is 1.98. The molecule has 25 heavy (non-hydrogen) atoms. The maximum atomic E-state index is 12.9. The van der Waals surface area contributed by atoms with Gasteiger partial charge in [-0.25, -0.2) is 4.90 Å². The Labute approximate surface area is 140 Å². The fraction of sp³-hybridized carbons (Fsp3) is 0.412. The quantitative estimate of drug-likeness (QED) is 0.651. The average molecular weight is 353 g/mol. The van der Waals surface area contributed by atoms with Crippen LogP contribution in [0.5, 0.6) is 0 Å². The van der Waals surface area contributed by atoms with E-state index in [2.05, 4.69) is 0 Å². The van der Waals surface area contributed by atoms with Gasteiger partial charge >= 0.3 is 6.18 Å². The summed E-state index contributed by atoms with van der Waals surface area (Å²) in [5.74, 6) is -3.09. The van der Waals surface area contributed by atoms with Crippen molar-refractivity contribution in [3.8, 4) is 0 Å². The summed E-state index contributed by atoms with van der Waals surface area (Å²) in [7, 11) is 0. The average Bonchev–Trinajstić information content (AvgIpc) is 3.13. The van der Waals surface area contributed by atoms with Gasteiger partial charge < -0.3 is 9.84 Å². The summed E-state index contributed by atoms with van der Waals surface area (Å²) in [5, 5.41) is 9.71. The molecule has 4 atom stereocenters. The Morgan fingerprint density at radius 1 is 1.20 bits per heavy atom. The van der Waals surface area contributed by atoms with E-state index in [0.29, 0.717) is 0 Å². The number of aliphatic hydroxyl groups is 1. The molecule has 4 rings (SSSR count). The highest BCUT2D eigenvalue weighted by atomic mass is 19.4. The minimum absolute atomic E-state index is 0.129. The second-order valence-electron chi connectivity index (χ2n) is 6.75. The molecule has 2 saturated heterocycles. The van der Waals surface area contributed by atoms with Crippen molar-refractivity contribution in [3.63, 3.8) is 0 Å². The Bertz CT molecular complexity index is 820. The highest BCUT2D eigenvalue weighted by molar-refractivity contribution is 6.23. The van der Waals surface area contributed by atoms with E-state index in [0.717, 1.165) is 23.1 Å². The number of hydrogen-bond donors (Lipinski definition) is 1. The maximum absolute atomic E-state index is 12.9. The van der Waals surface area contributed by atoms with Crippen molar-refractivity contribution >= 4 is 17.5 Å². The normalized spacial score (nSPS) is 36.4. The summed E-state index contributed by atoms with van der Waals surface area (Å²) < 4.78 is 44.6. The maximum Gasteiger partial charge on any atom is 0.416 e. The number of hydrogen-bond acceptors (Lipinski definition) is 4. The number of imide groups is 1. The first-order chi connectivity index (χ1) is 11.6. The van der Waals surface area contributed by atoms with Gasteiger partial charge in [-0.15, -0.1) is 0 Å². The lowest BCUT2D eigenvalue weighted by Crippen LogP contribution is -2.43. The van der Waals surface area contributed by atoms with Gasteiger partial charge in [-0.1, -0.05) is 18.2 Å². The molecule has 0 spiro atoms. The summed E-state index contributed by atoms with van der Waals surface area (Å²) in [4.78, 5) is 26.5. The summed E-state index contributed by atoms with van der Waals surface area (Å²) in [6.45, 7) is 1.14. The van der Waals surface area contributed by atoms with E-state index in [4.69, 9.17) is 4.74 Å². The summed E-state index contributed by atoms with van der Waals surface area (Å²) in [5.41, 5.74) is -3.43. The lowest BCUT2D eigenvalue weighted by atomic mass is 9.73. The van der Waals surface area contributed by atoms with Crippen LogP contribution in [0.15, 0.2) is 36.4 Å². The molecule has 0 aromatic heterocycles. The fourth-order valence-electron chi connectivity index (χ4n) is 4.12. The van der Waals surface area contributed by atoms with E-state index in [9.17, 15) is 27.9 Å². The van der Waals surface area contributed by atoms with Crippen LogP contribution in [0.3, 0.4) is 0 Å². The minimum atomic E-state index is -4.58. The van der Waals surface area contributed by atoms with Crippen molar-refractivity contribution in [3.05, 3.63) is 42.0 Å². The summed E-state index contributed by atoms with van der Waals surface area (Å²) in [6, 6.07) is 4.09. The first-order valence-corrected chi connectivity index (χ1v) is 7.69. The van der Waals surface area contributed by atoms with Gasteiger partial charge in [-0.3, -0.25) is 9.59 Å². The standard InChI is InChI=1S/C17H14F3NO4/c1-15-5-6-16(8-22,25-15)12-11(15)13(23)21(14(12)24)10-4-2-3-9(7-10)17(18,19)20/h2-7,11-12,22H,8H2,1H3/t11-,12-,15-,16+/m1/s1. The van der Waals surface area contributed by atoms with Crippen molar-refractivity contribution in [2.45, 2.75) is 24.3 Å². The SMILES string of the molecule is C[C@]12C=C[C@@](CO)(O1)[C@H]1C(=O)N(c3cccc(C(F)(F)F)c3)C(=O)[C@@H]12. The molecule has 3 aliphatic rings. The predicted octanol–water partition coefficient (Wildman–Crippen LogP) is 1.90. The van der Waals surface area contributed by atoms with E-state index >= 15 is 0 Å². The number of rotatable bonds is 2. The predicted molar refractivity (Wildman–Crippen MR) is 79.4 cm³/mol. The van der Waals surface area contributed by atoms with Gasteiger partial charge in [-0.05, 0) is 25.1 Å². The minimum Gasteiger partial charge on any atom is -0.393 e. The number of alkyl halides is 3. The Balaban J connectivity index is 1.78. The zero-order valence-electron chi connectivity index (χ0n) is 13.1. The molecule has 0 aliphatic carbocycles. The van der Waals surface area contributed by atoms with E-state index in [1.54, 1.807) is 19.1 Å². The fourth-order valence-corrected chi connectivity index (χ4v) is 4.12. The molecule has 0 radical (unpaired) electrons. The lowest BCUT2D eigenvalue weighted by Gasteiger charge is -2.27. The molecule has 1 aromatic carbocycles. The van der Waals surface area contributed by atoms with Gasteiger partial charge in [0.05, 0.1) is 35.3 Å². The number of fused-ring (bicyclic) bond motifs is 5. The number of carbonyl (C=O) groups excluding carboxylic acids is 2. The molecule has 1 N–H and O–H groups in total. The van der Waals surface area contributed by atoms with Gasteiger partial charge in [-0.2, -0.15) is 13.2 Å². The molecule has 132 valence electrons. The molecule has 2 bridgehead atoms. The van der Waals surface area contributed by atoms with E-state index in [-0.39, 0.29) is 5.69 Å². The molecule has 5 nitrogen and oxygen atoms in total. The van der Waals surface area contributed by atoms with Crippen molar-refractivity contribution in [1.82, 2.24) is 0 Å². The third-order valence-electron chi connectivity index (χ3n) is 5.24. The summed E-state index contributed by atoms with van der Waals surface area (Å²) >= 11 is 0. The molecule has 8 heteroatoms. The van der Waals surface area contributed by atoms with Crippen LogP contribution in [0.4, 0.5) is 18.9 Å². The number of carbonyl (C=O) groups is 2. The number of nitrogens with zero attached hydrogens (tertiary/aromatic N) is 1. The third-order valence-corrected chi connectivity index (χ3v) is 5.24. The van der Waals surface area contributed by atoms with E-state index in [1.165, 1.54) is 6.07 Å². The zero-order valence-corrected chi connectivity index (χ0v) is 13.1. The van der Waals surface area contributed by atoms with E-state index < -0.39 is 53.2 Å². The highest BCUT2D eigenvalue weighted by Crippen LogP contribution is 2.57. The number of halogens is 3. The van der Waals surface area contributed by atoms with Crippen LogP contribution in [0.1, 0.15) is 12.5 Å². The Hall–Kier alpha value is -2.19. The first-order valence-electron chi connectivity index (χ1n) is 7.69. The molecule has 1 aromatic rings. The number of anilines is 1. The molecule has 0 unspecified atom stereocenters. The van der Waals surface area contributed by atoms with Gasteiger partial charge in [0.2, 0.25) is 11.8 Å². The number of aliphatic hydroxyl groups excluding tert-OH is 1. The van der Waals surface area contributed by atoms with Crippen molar-refractivity contribution in [2.24, 2.45) is 11.8 Å². The van der Waals surface area contributed by atoms with Gasteiger partial charge in [0.1, 0.15) is 5.60 Å². The van der Waals surface area contributed by atoms with Crippen molar-refractivity contribution < 1.29 is 32.6 Å². The van der Waals surface area contributed by atoms with E-state index in [1.807, 2.05) is 0 Å². The number of benzene rings is 1. The Kier molecular flexibility index (Phi) is 3.06. The van der Waals surface area contributed by atoms with Crippen LogP contribution in [-0.2, 0) is 20.5 Å². The number of ether oxygens (including phenoxy) is 1. The van der Waals surface area contributed by atoms with Crippen molar-refractivity contribution in [1.29, 1.82) is 0 Å². The zero-order chi connectivity index (χ0) is 18.2. The first kappa shape index (κ1) is 16.3.